The molecule has 1 aliphatic heterocycles. The summed E-state index contributed by atoms with van der Waals surface area (Å²) in [5, 5.41) is 11.3. The highest BCUT2D eigenvalue weighted by Crippen LogP contribution is 2.43. The van der Waals surface area contributed by atoms with Crippen LogP contribution in [0.5, 0.6) is 11.5 Å². The van der Waals surface area contributed by atoms with Crippen molar-refractivity contribution in [3.05, 3.63) is 94.8 Å². The summed E-state index contributed by atoms with van der Waals surface area (Å²) in [5.74, 6) is -1.72. The highest BCUT2D eigenvalue weighted by atomic mass is 19.1. The van der Waals surface area contributed by atoms with Crippen molar-refractivity contribution in [2.24, 2.45) is 0 Å². The van der Waals surface area contributed by atoms with E-state index in [9.17, 15) is 19.1 Å². The Bertz CT molecular complexity index is 1270. The van der Waals surface area contributed by atoms with Crippen LogP contribution in [-0.4, -0.2) is 31.0 Å². The van der Waals surface area contributed by atoms with Crippen LogP contribution in [0.1, 0.15) is 22.7 Å². The van der Waals surface area contributed by atoms with Crippen LogP contribution in [0.25, 0.3) is 5.76 Å². The summed E-state index contributed by atoms with van der Waals surface area (Å²) in [4.78, 5) is 27.6. The lowest BCUT2D eigenvalue weighted by molar-refractivity contribution is -0.132. The third-order valence-corrected chi connectivity index (χ3v) is 5.57. The second-order valence-electron chi connectivity index (χ2n) is 7.63. The first-order valence-corrected chi connectivity index (χ1v) is 10.2. The molecule has 1 aliphatic rings. The number of ether oxygens (including phenoxy) is 2. The lowest BCUT2D eigenvalue weighted by Crippen LogP contribution is -2.29. The third kappa shape index (κ3) is 3.93. The Balaban J connectivity index is 1.97. The summed E-state index contributed by atoms with van der Waals surface area (Å²) < 4.78 is 24.1. The Hall–Kier alpha value is -4.13. The number of aliphatic hydroxyl groups is 1. The van der Waals surface area contributed by atoms with Gasteiger partial charge >= 0.3 is 0 Å². The van der Waals surface area contributed by atoms with Crippen molar-refractivity contribution in [2.45, 2.75) is 13.0 Å². The zero-order valence-electron chi connectivity index (χ0n) is 18.3. The summed E-state index contributed by atoms with van der Waals surface area (Å²) in [6.07, 6.45) is 0. The smallest absolute Gasteiger partial charge is 0.300 e. The van der Waals surface area contributed by atoms with Gasteiger partial charge < -0.3 is 14.6 Å². The van der Waals surface area contributed by atoms with Crippen LogP contribution in [0.15, 0.2) is 72.3 Å². The largest absolute Gasteiger partial charge is 0.507 e. The fourth-order valence-corrected chi connectivity index (χ4v) is 4.00. The van der Waals surface area contributed by atoms with E-state index >= 15 is 0 Å². The van der Waals surface area contributed by atoms with E-state index in [0.29, 0.717) is 17.0 Å². The van der Waals surface area contributed by atoms with Crippen molar-refractivity contribution in [3.8, 4) is 11.5 Å². The zero-order chi connectivity index (χ0) is 23.7. The molecule has 7 heteroatoms. The Morgan fingerprint density at radius 1 is 0.970 bits per heavy atom. The van der Waals surface area contributed by atoms with Gasteiger partial charge in [-0.15, -0.1) is 0 Å². The Labute approximate surface area is 190 Å². The van der Waals surface area contributed by atoms with Crippen LogP contribution in [0.2, 0.25) is 0 Å². The Kier molecular flexibility index (Phi) is 5.87. The fraction of sp³-hybridized carbons (Fsp3) is 0.154. The maximum atomic E-state index is 13.5. The number of halogens is 1. The molecule has 0 aromatic heterocycles. The average Bonchev–Trinajstić information content (AvgIpc) is 3.09. The van der Waals surface area contributed by atoms with Crippen LogP contribution in [0, 0.1) is 12.7 Å². The normalized spacial score (nSPS) is 17.3. The number of carbonyl (C=O) groups excluding carboxylic acids is 2. The van der Waals surface area contributed by atoms with Crippen LogP contribution in [0.4, 0.5) is 10.1 Å². The number of benzene rings is 3. The minimum absolute atomic E-state index is 0.0848. The molecule has 1 amide bonds. The van der Waals surface area contributed by atoms with Gasteiger partial charge in [0.1, 0.15) is 23.1 Å². The molecule has 0 saturated carbocycles. The molecule has 1 unspecified atom stereocenters. The van der Waals surface area contributed by atoms with E-state index in [-0.39, 0.29) is 22.6 Å². The van der Waals surface area contributed by atoms with Gasteiger partial charge in [-0.1, -0.05) is 29.8 Å². The molecule has 6 nitrogen and oxygen atoms in total. The van der Waals surface area contributed by atoms with Crippen molar-refractivity contribution < 1.29 is 28.6 Å². The van der Waals surface area contributed by atoms with Gasteiger partial charge in [0.15, 0.2) is 0 Å². The lowest BCUT2D eigenvalue weighted by atomic mass is 9.94. The van der Waals surface area contributed by atoms with Crippen molar-refractivity contribution in [1.29, 1.82) is 0 Å². The van der Waals surface area contributed by atoms with Gasteiger partial charge in [-0.25, -0.2) is 4.39 Å². The van der Waals surface area contributed by atoms with Gasteiger partial charge in [0.05, 0.1) is 31.4 Å². The predicted molar refractivity (Wildman–Crippen MR) is 122 cm³/mol. The highest BCUT2D eigenvalue weighted by Gasteiger charge is 2.47. The molecule has 1 atom stereocenters. The molecule has 1 saturated heterocycles. The minimum atomic E-state index is -0.915. The number of aliphatic hydroxyl groups excluding tert-OH is 1. The molecular formula is C26H22FNO5. The Morgan fingerprint density at radius 2 is 1.70 bits per heavy atom. The fourth-order valence-electron chi connectivity index (χ4n) is 4.00. The minimum Gasteiger partial charge on any atom is -0.507 e. The summed E-state index contributed by atoms with van der Waals surface area (Å²) in [5.41, 5.74) is 2.05. The zero-order valence-corrected chi connectivity index (χ0v) is 18.3. The third-order valence-electron chi connectivity index (χ3n) is 5.57. The molecule has 0 aliphatic carbocycles. The number of nitrogens with zero attached hydrogens (tertiary/aromatic N) is 1. The van der Waals surface area contributed by atoms with E-state index < -0.39 is 23.5 Å². The van der Waals surface area contributed by atoms with Crippen molar-refractivity contribution >= 4 is 23.1 Å². The molecule has 4 rings (SSSR count). The molecule has 0 spiro atoms. The first-order chi connectivity index (χ1) is 15.8. The second-order valence-corrected chi connectivity index (χ2v) is 7.63. The molecule has 3 aromatic rings. The molecule has 1 fully saturated rings. The Morgan fingerprint density at radius 3 is 2.33 bits per heavy atom. The summed E-state index contributed by atoms with van der Waals surface area (Å²) >= 11 is 0. The molecule has 3 aromatic carbocycles. The topological polar surface area (TPSA) is 76.1 Å². The average molecular weight is 447 g/mol. The van der Waals surface area contributed by atoms with E-state index in [0.717, 1.165) is 5.56 Å². The molecule has 0 radical (unpaired) electrons. The number of hydrogen-bond donors (Lipinski definition) is 1. The van der Waals surface area contributed by atoms with Gasteiger partial charge in [-0.05, 0) is 48.9 Å². The molecule has 1 N–H and O–H groups in total. The number of hydrogen-bond acceptors (Lipinski definition) is 5. The molecule has 33 heavy (non-hydrogen) atoms. The van der Waals surface area contributed by atoms with E-state index in [1.807, 2.05) is 25.1 Å². The first kappa shape index (κ1) is 22.1. The van der Waals surface area contributed by atoms with Gasteiger partial charge in [-0.2, -0.15) is 0 Å². The van der Waals surface area contributed by atoms with Gasteiger partial charge in [0, 0.05) is 11.8 Å². The second kappa shape index (κ2) is 8.78. The van der Waals surface area contributed by atoms with Gasteiger partial charge in [0.2, 0.25) is 0 Å². The van der Waals surface area contributed by atoms with Crippen molar-refractivity contribution in [1.82, 2.24) is 0 Å². The van der Waals surface area contributed by atoms with E-state index in [2.05, 4.69) is 0 Å². The number of aryl methyl sites for hydroxylation is 1. The van der Waals surface area contributed by atoms with E-state index in [1.54, 1.807) is 24.3 Å². The van der Waals surface area contributed by atoms with E-state index in [1.165, 1.54) is 43.4 Å². The maximum absolute atomic E-state index is 13.5. The van der Waals surface area contributed by atoms with Crippen molar-refractivity contribution in [3.63, 3.8) is 0 Å². The number of anilines is 1. The number of amides is 1. The standard InChI is InChI=1S/C26H22FNO5/c1-15-5-4-6-16(13-15)23-22(24(29)20-12-11-19(32-2)14-21(20)33-3)25(30)26(31)28(23)18-9-7-17(27)8-10-18/h4-14,23,29H,1-3H3/b24-22-. The summed E-state index contributed by atoms with van der Waals surface area (Å²) in [6.45, 7) is 1.89. The number of Topliss-reactive ketones (excluding diaryl/α,β-unsaturated/α-hetero) is 1. The van der Waals surface area contributed by atoms with Gasteiger partial charge in [-0.3, -0.25) is 14.5 Å². The molecule has 168 valence electrons. The molecule has 1 heterocycles. The SMILES string of the molecule is COc1ccc(/C(O)=C2/C(=O)C(=O)N(c3ccc(F)cc3)C2c2cccc(C)c2)c(OC)c1. The van der Waals surface area contributed by atoms with Gasteiger partial charge in [0.25, 0.3) is 11.7 Å². The van der Waals surface area contributed by atoms with Crippen LogP contribution < -0.4 is 14.4 Å². The van der Waals surface area contributed by atoms with Crippen LogP contribution >= 0.6 is 0 Å². The molecule has 0 bridgehead atoms. The predicted octanol–water partition coefficient (Wildman–Crippen LogP) is 4.78. The quantitative estimate of drug-likeness (QED) is 0.346. The highest BCUT2D eigenvalue weighted by molar-refractivity contribution is 6.51. The number of rotatable bonds is 5. The maximum Gasteiger partial charge on any atom is 0.300 e. The number of carbonyl (C=O) groups is 2. The van der Waals surface area contributed by atoms with Crippen molar-refractivity contribution in [2.75, 3.05) is 19.1 Å². The molecular weight excluding hydrogens is 425 g/mol. The first-order valence-electron chi connectivity index (χ1n) is 10.2. The summed E-state index contributed by atoms with van der Waals surface area (Å²) in [7, 11) is 2.93. The number of ketones is 1. The monoisotopic (exact) mass is 447 g/mol. The number of methoxy groups -OCH3 is 2. The summed E-state index contributed by atoms with van der Waals surface area (Å²) in [6, 6.07) is 16.4. The van der Waals surface area contributed by atoms with E-state index in [4.69, 9.17) is 9.47 Å². The lowest BCUT2D eigenvalue weighted by Gasteiger charge is -2.26. The van der Waals surface area contributed by atoms with Crippen LogP contribution in [0.3, 0.4) is 0 Å². The van der Waals surface area contributed by atoms with Crippen LogP contribution in [-0.2, 0) is 9.59 Å².